The summed E-state index contributed by atoms with van der Waals surface area (Å²) < 4.78 is 3.71. The second kappa shape index (κ2) is 7.50. The minimum Gasteiger partial charge on any atom is -0.348 e. The normalized spacial score (nSPS) is 12.4. The zero-order chi connectivity index (χ0) is 20.5. The van der Waals surface area contributed by atoms with E-state index in [1.54, 1.807) is 18.6 Å². The largest absolute Gasteiger partial charge is 0.348 e. The molecule has 1 amide bonds. The Morgan fingerprint density at radius 1 is 1.07 bits per heavy atom. The van der Waals surface area contributed by atoms with E-state index < -0.39 is 0 Å². The predicted molar refractivity (Wildman–Crippen MR) is 112 cm³/mol. The number of amides is 1. The summed E-state index contributed by atoms with van der Waals surface area (Å²) >= 11 is 0. The summed E-state index contributed by atoms with van der Waals surface area (Å²) in [6.45, 7) is 8.19. The summed E-state index contributed by atoms with van der Waals surface area (Å²) in [5.41, 5.74) is 3.93. The van der Waals surface area contributed by atoms with E-state index in [-0.39, 0.29) is 11.9 Å². The van der Waals surface area contributed by atoms with Gasteiger partial charge in [-0.1, -0.05) is 31.5 Å². The Morgan fingerprint density at radius 3 is 2.55 bits per heavy atom. The minimum absolute atomic E-state index is 0.0393. The topological polar surface area (TPSA) is 77.1 Å². The highest BCUT2D eigenvalue weighted by Crippen LogP contribution is 2.25. The summed E-state index contributed by atoms with van der Waals surface area (Å²) in [5.74, 6) is 0.764. The lowest BCUT2D eigenvalue weighted by Gasteiger charge is -2.16. The fourth-order valence-electron chi connectivity index (χ4n) is 3.09. The second-order valence-electron chi connectivity index (χ2n) is 7.59. The fourth-order valence-corrected chi connectivity index (χ4v) is 3.09. The number of nitrogens with zero attached hydrogens (tertiary/aromatic N) is 5. The summed E-state index contributed by atoms with van der Waals surface area (Å²) in [6, 6.07) is 10.1. The van der Waals surface area contributed by atoms with Crippen molar-refractivity contribution in [3.05, 3.63) is 66.4 Å². The van der Waals surface area contributed by atoms with Crippen LogP contribution in [0.15, 0.2) is 55.1 Å². The van der Waals surface area contributed by atoms with Crippen molar-refractivity contribution in [3.8, 4) is 17.2 Å². The maximum Gasteiger partial charge on any atom is 0.272 e. The maximum absolute atomic E-state index is 12.9. The Hall–Kier alpha value is -3.48. The summed E-state index contributed by atoms with van der Waals surface area (Å²) in [6.07, 6.45) is 6.89. The predicted octanol–water partition coefficient (Wildman–Crippen LogP) is 3.66. The molecule has 0 spiro atoms. The standard InChI is InChI=1S/C22H24N6O/c1-14(2)16(4)25-22(29)20-19-13-23-11-12-27(19)21(26-20)18-9-10-24-28(18)17-7-5-15(3)6-8-17/h5-14,16H,1-4H3,(H,25,29). The molecule has 0 fully saturated rings. The van der Waals surface area contributed by atoms with Gasteiger partial charge in [-0.25, -0.2) is 9.67 Å². The lowest BCUT2D eigenvalue weighted by atomic mass is 10.1. The van der Waals surface area contributed by atoms with Gasteiger partial charge < -0.3 is 5.32 Å². The van der Waals surface area contributed by atoms with Crippen LogP contribution in [0.25, 0.3) is 22.7 Å². The molecule has 3 heterocycles. The van der Waals surface area contributed by atoms with E-state index in [1.807, 2.05) is 59.5 Å². The number of aromatic nitrogens is 5. The molecule has 0 aliphatic carbocycles. The number of carbonyl (C=O) groups is 1. The number of nitrogens with one attached hydrogen (secondary N) is 1. The van der Waals surface area contributed by atoms with Gasteiger partial charge in [0.05, 0.1) is 23.6 Å². The lowest BCUT2D eigenvalue weighted by Crippen LogP contribution is -2.36. The van der Waals surface area contributed by atoms with Crippen molar-refractivity contribution < 1.29 is 4.79 Å². The molecule has 7 heteroatoms. The zero-order valence-electron chi connectivity index (χ0n) is 17.0. The minimum atomic E-state index is -0.204. The summed E-state index contributed by atoms with van der Waals surface area (Å²) in [4.78, 5) is 21.8. The first-order valence-corrected chi connectivity index (χ1v) is 9.70. The molecule has 0 aliphatic heterocycles. The average Bonchev–Trinajstić information content (AvgIpc) is 3.33. The Balaban J connectivity index is 1.82. The smallest absolute Gasteiger partial charge is 0.272 e. The van der Waals surface area contributed by atoms with E-state index in [0.717, 1.165) is 11.4 Å². The van der Waals surface area contributed by atoms with Gasteiger partial charge >= 0.3 is 0 Å². The Bertz CT molecular complexity index is 1160. The molecule has 0 saturated carbocycles. The Kier molecular flexibility index (Phi) is 4.88. The third kappa shape index (κ3) is 3.51. The van der Waals surface area contributed by atoms with Crippen LogP contribution in [0.1, 0.15) is 36.8 Å². The van der Waals surface area contributed by atoms with Gasteiger partial charge in [0.25, 0.3) is 5.91 Å². The van der Waals surface area contributed by atoms with Crippen LogP contribution in [0.3, 0.4) is 0 Å². The van der Waals surface area contributed by atoms with E-state index in [2.05, 4.69) is 29.2 Å². The van der Waals surface area contributed by atoms with E-state index >= 15 is 0 Å². The van der Waals surface area contributed by atoms with Gasteiger partial charge in [-0.2, -0.15) is 5.10 Å². The molecule has 0 aliphatic rings. The van der Waals surface area contributed by atoms with Gasteiger partial charge in [-0.3, -0.25) is 14.2 Å². The van der Waals surface area contributed by atoms with Crippen molar-refractivity contribution in [2.24, 2.45) is 5.92 Å². The van der Waals surface area contributed by atoms with Crippen molar-refractivity contribution in [2.45, 2.75) is 33.7 Å². The van der Waals surface area contributed by atoms with Gasteiger partial charge in [0.1, 0.15) is 5.69 Å². The van der Waals surface area contributed by atoms with Crippen molar-refractivity contribution >= 4 is 11.4 Å². The monoisotopic (exact) mass is 388 g/mol. The van der Waals surface area contributed by atoms with Crippen LogP contribution in [-0.4, -0.2) is 36.1 Å². The molecule has 1 atom stereocenters. The molecular formula is C22H24N6O. The molecule has 0 radical (unpaired) electrons. The van der Waals surface area contributed by atoms with E-state index in [0.29, 0.717) is 23.0 Å². The molecule has 4 aromatic rings. The first kappa shape index (κ1) is 18.9. The lowest BCUT2D eigenvalue weighted by molar-refractivity contribution is 0.0927. The van der Waals surface area contributed by atoms with Gasteiger partial charge in [0.15, 0.2) is 11.5 Å². The van der Waals surface area contributed by atoms with E-state index in [1.165, 1.54) is 5.56 Å². The number of carbonyl (C=O) groups excluding carboxylic acids is 1. The first-order valence-electron chi connectivity index (χ1n) is 9.70. The highest BCUT2D eigenvalue weighted by molar-refractivity contribution is 6.00. The number of aryl methyl sites for hydroxylation is 1. The summed E-state index contributed by atoms with van der Waals surface area (Å²) in [7, 11) is 0. The van der Waals surface area contributed by atoms with Crippen LogP contribution in [0.2, 0.25) is 0 Å². The van der Waals surface area contributed by atoms with Crippen molar-refractivity contribution in [1.29, 1.82) is 0 Å². The highest BCUT2D eigenvalue weighted by Gasteiger charge is 2.22. The molecule has 1 aromatic carbocycles. The number of fused-ring (bicyclic) bond motifs is 1. The third-order valence-corrected chi connectivity index (χ3v) is 5.17. The molecular weight excluding hydrogens is 364 g/mol. The Morgan fingerprint density at radius 2 is 1.83 bits per heavy atom. The van der Waals surface area contributed by atoms with Gasteiger partial charge in [-0.15, -0.1) is 0 Å². The average molecular weight is 388 g/mol. The summed E-state index contributed by atoms with van der Waals surface area (Å²) in [5, 5.41) is 7.51. The number of hydrogen-bond acceptors (Lipinski definition) is 4. The molecule has 29 heavy (non-hydrogen) atoms. The van der Waals surface area contributed by atoms with Crippen LogP contribution in [-0.2, 0) is 0 Å². The maximum atomic E-state index is 12.9. The van der Waals surface area contributed by atoms with Crippen LogP contribution < -0.4 is 5.32 Å². The molecule has 1 N–H and O–H groups in total. The second-order valence-corrected chi connectivity index (χ2v) is 7.59. The Labute approximate surface area is 169 Å². The number of hydrogen-bond donors (Lipinski definition) is 1. The fraction of sp³-hybridized carbons (Fsp3) is 0.273. The molecule has 0 saturated heterocycles. The van der Waals surface area contributed by atoms with Gasteiger partial charge in [0, 0.05) is 18.4 Å². The van der Waals surface area contributed by atoms with Crippen molar-refractivity contribution in [2.75, 3.05) is 0 Å². The molecule has 1 unspecified atom stereocenters. The third-order valence-electron chi connectivity index (χ3n) is 5.17. The molecule has 3 aromatic heterocycles. The SMILES string of the molecule is Cc1ccc(-n2nccc2-c2nc(C(=O)NC(C)C(C)C)c3cnccn23)cc1. The number of imidazole rings is 1. The highest BCUT2D eigenvalue weighted by atomic mass is 16.2. The van der Waals surface area contributed by atoms with Crippen molar-refractivity contribution in [1.82, 2.24) is 29.5 Å². The van der Waals surface area contributed by atoms with Crippen LogP contribution in [0, 0.1) is 12.8 Å². The van der Waals surface area contributed by atoms with E-state index in [9.17, 15) is 4.79 Å². The molecule has 7 nitrogen and oxygen atoms in total. The van der Waals surface area contributed by atoms with Crippen molar-refractivity contribution in [3.63, 3.8) is 0 Å². The molecule has 148 valence electrons. The van der Waals surface area contributed by atoms with Crippen LogP contribution >= 0.6 is 0 Å². The zero-order valence-corrected chi connectivity index (χ0v) is 17.0. The number of rotatable bonds is 5. The first-order chi connectivity index (χ1) is 14.0. The van der Waals surface area contributed by atoms with Crippen LogP contribution in [0.5, 0.6) is 0 Å². The molecule has 4 rings (SSSR count). The molecule has 0 bridgehead atoms. The number of benzene rings is 1. The van der Waals surface area contributed by atoms with Gasteiger partial charge in [0.2, 0.25) is 0 Å². The van der Waals surface area contributed by atoms with Gasteiger partial charge in [-0.05, 0) is 38.0 Å². The van der Waals surface area contributed by atoms with Crippen LogP contribution in [0.4, 0.5) is 0 Å². The van der Waals surface area contributed by atoms with E-state index in [4.69, 9.17) is 4.98 Å². The quantitative estimate of drug-likeness (QED) is 0.566.